The molecular formula is C68H40N2. The predicted molar refractivity (Wildman–Crippen MR) is 303 cm³/mol. The lowest BCUT2D eigenvalue weighted by Crippen LogP contribution is -1.97. The summed E-state index contributed by atoms with van der Waals surface area (Å²) in [5.41, 5.74) is 13.4. The third kappa shape index (κ3) is 4.55. The van der Waals surface area contributed by atoms with Crippen molar-refractivity contribution in [2.45, 2.75) is 6.92 Å². The summed E-state index contributed by atoms with van der Waals surface area (Å²) in [6.45, 7) is 6.44. The van der Waals surface area contributed by atoms with Gasteiger partial charge in [-0.25, -0.2) is 0 Å². The Morgan fingerprint density at radius 2 is 0.971 bits per heavy atom. The van der Waals surface area contributed by atoms with E-state index in [1.165, 1.54) is 169 Å². The van der Waals surface area contributed by atoms with Crippen molar-refractivity contribution < 1.29 is 0 Å². The van der Waals surface area contributed by atoms with Gasteiger partial charge >= 0.3 is 0 Å². The quantitative estimate of drug-likeness (QED) is 0.0732. The van der Waals surface area contributed by atoms with Crippen molar-refractivity contribution in [3.63, 3.8) is 0 Å². The average molecular weight is 885 g/mol. The lowest BCUT2D eigenvalue weighted by Gasteiger charge is -2.20. The van der Waals surface area contributed by atoms with Gasteiger partial charge in [0, 0.05) is 36.8 Å². The minimum Gasteiger partial charge on any atom is -0.296 e. The van der Waals surface area contributed by atoms with E-state index < -0.39 is 0 Å². The Morgan fingerprint density at radius 1 is 0.429 bits per heavy atom. The fourth-order valence-corrected chi connectivity index (χ4v) is 13.7. The Labute approximate surface area is 402 Å². The zero-order valence-corrected chi connectivity index (χ0v) is 38.6. The molecule has 0 bridgehead atoms. The topological polar surface area (TPSA) is 25.2 Å². The Hall–Kier alpha value is -8.98. The van der Waals surface area contributed by atoms with Crippen molar-refractivity contribution in [3.05, 3.63) is 206 Å². The molecule has 15 aromatic rings. The summed E-state index contributed by atoms with van der Waals surface area (Å²) >= 11 is 0. The van der Waals surface area contributed by atoms with Crippen LogP contribution in [-0.2, 0) is 0 Å². The van der Waals surface area contributed by atoms with Gasteiger partial charge in [-0.2, -0.15) is 0 Å². The van der Waals surface area contributed by atoms with E-state index in [1.807, 2.05) is 31.7 Å². The molecule has 0 unspecified atom stereocenters. The molecule has 1 aliphatic carbocycles. The Morgan fingerprint density at radius 3 is 1.69 bits per heavy atom. The van der Waals surface area contributed by atoms with E-state index >= 15 is 0 Å². The number of pyridine rings is 1. The van der Waals surface area contributed by atoms with Crippen LogP contribution in [0.5, 0.6) is 0 Å². The number of aromatic nitrogens is 1. The van der Waals surface area contributed by atoms with Gasteiger partial charge < -0.3 is 0 Å². The van der Waals surface area contributed by atoms with E-state index in [9.17, 15) is 0 Å². The molecule has 0 spiro atoms. The summed E-state index contributed by atoms with van der Waals surface area (Å²) in [6.07, 6.45) is 9.87. The minimum absolute atomic E-state index is 1.04. The Bertz CT molecular complexity index is 4880. The normalized spacial score (nSPS) is 13.1. The van der Waals surface area contributed by atoms with Crippen molar-refractivity contribution in [1.29, 1.82) is 0 Å². The largest absolute Gasteiger partial charge is 0.296 e. The van der Waals surface area contributed by atoms with Crippen LogP contribution in [0.4, 0.5) is 0 Å². The molecule has 0 amide bonds. The van der Waals surface area contributed by atoms with Crippen LogP contribution in [0.1, 0.15) is 11.1 Å². The molecule has 0 atom stereocenters. The molecule has 14 aromatic carbocycles. The van der Waals surface area contributed by atoms with E-state index in [-0.39, 0.29) is 0 Å². The van der Waals surface area contributed by atoms with Crippen molar-refractivity contribution in [3.8, 4) is 44.5 Å². The molecule has 0 radical (unpaired) electrons. The number of fused-ring (bicyclic) bond motifs is 15. The fourth-order valence-electron chi connectivity index (χ4n) is 13.7. The summed E-state index contributed by atoms with van der Waals surface area (Å²) in [6, 6.07) is 62.2. The summed E-state index contributed by atoms with van der Waals surface area (Å²) in [7, 11) is 1.85. The summed E-state index contributed by atoms with van der Waals surface area (Å²) in [4.78, 5) is 9.28. The second kappa shape index (κ2) is 13.6. The first-order valence-corrected chi connectivity index (χ1v) is 24.3. The number of benzene rings is 12. The van der Waals surface area contributed by atoms with Crippen molar-refractivity contribution in [2.24, 2.45) is 4.99 Å². The third-order valence-electron chi connectivity index (χ3n) is 16.2. The molecule has 1 aromatic heterocycles. The highest BCUT2D eigenvalue weighted by Gasteiger charge is 2.34. The number of allylic oxidation sites excluding steroid dienone is 3. The predicted octanol–water partition coefficient (Wildman–Crippen LogP) is 18.6. The van der Waals surface area contributed by atoms with Crippen LogP contribution in [0.3, 0.4) is 0 Å². The van der Waals surface area contributed by atoms with E-state index in [4.69, 9.17) is 0 Å². The first-order chi connectivity index (χ1) is 34.6. The van der Waals surface area contributed by atoms with Crippen LogP contribution >= 0.6 is 0 Å². The SMILES string of the molecule is C=C/C=C(\C=N/C)c1c2c(c(-c3cccnc3)c3ccccc13)-c1ccc3c4ccc5c6c(ccc(c7ccc-2c1c73)c46)c1c(-c2ccccc2C)c2cc3ccccc3c3c4ccccc4c(c51)c23. The maximum atomic E-state index is 4.67. The lowest BCUT2D eigenvalue weighted by molar-refractivity contribution is 1.33. The Balaban J connectivity index is 1.09. The molecule has 70 heavy (non-hydrogen) atoms. The Kier molecular flexibility index (Phi) is 7.39. The maximum Gasteiger partial charge on any atom is 0.0346 e. The highest BCUT2D eigenvalue weighted by atomic mass is 14.6. The fraction of sp³-hybridized carbons (Fsp3) is 0.0294. The third-order valence-corrected chi connectivity index (χ3v) is 16.2. The van der Waals surface area contributed by atoms with Gasteiger partial charge in [-0.1, -0.05) is 170 Å². The van der Waals surface area contributed by atoms with E-state index in [1.54, 1.807) is 0 Å². The van der Waals surface area contributed by atoms with Gasteiger partial charge in [0.2, 0.25) is 0 Å². The summed E-state index contributed by atoms with van der Waals surface area (Å²) in [5.74, 6) is 0. The number of rotatable bonds is 5. The van der Waals surface area contributed by atoms with Gasteiger partial charge in [0.25, 0.3) is 0 Å². The molecular weight excluding hydrogens is 845 g/mol. The van der Waals surface area contributed by atoms with Gasteiger partial charge in [-0.3, -0.25) is 9.98 Å². The maximum absolute atomic E-state index is 4.67. The average Bonchev–Trinajstić information content (AvgIpc) is 4.06. The second-order valence-electron chi connectivity index (χ2n) is 19.4. The number of hydrogen-bond acceptors (Lipinski definition) is 2. The monoisotopic (exact) mass is 884 g/mol. The van der Waals surface area contributed by atoms with Crippen molar-refractivity contribution in [1.82, 2.24) is 4.98 Å². The smallest absolute Gasteiger partial charge is 0.0346 e. The van der Waals surface area contributed by atoms with Crippen molar-refractivity contribution in [2.75, 3.05) is 7.05 Å². The highest BCUT2D eigenvalue weighted by Crippen LogP contribution is 2.61. The first-order valence-electron chi connectivity index (χ1n) is 24.3. The van der Waals surface area contributed by atoms with Crippen LogP contribution in [0.15, 0.2) is 200 Å². The molecule has 2 heteroatoms. The number of hydrogen-bond donors (Lipinski definition) is 0. The van der Waals surface area contributed by atoms with Gasteiger partial charge in [-0.05, 0) is 188 Å². The van der Waals surface area contributed by atoms with Crippen LogP contribution in [0.25, 0.3) is 169 Å². The van der Waals surface area contributed by atoms with E-state index in [0.29, 0.717) is 0 Å². The highest BCUT2D eigenvalue weighted by molar-refractivity contribution is 6.53. The molecule has 0 fully saturated rings. The van der Waals surface area contributed by atoms with Crippen LogP contribution in [-0.4, -0.2) is 18.2 Å². The van der Waals surface area contributed by atoms with Crippen LogP contribution in [0.2, 0.25) is 0 Å². The number of nitrogens with zero attached hydrogens (tertiary/aromatic N) is 2. The minimum atomic E-state index is 1.04. The zero-order chi connectivity index (χ0) is 46.1. The zero-order valence-electron chi connectivity index (χ0n) is 38.6. The van der Waals surface area contributed by atoms with E-state index in [2.05, 4.69) is 193 Å². The van der Waals surface area contributed by atoms with E-state index in [0.717, 1.165) is 11.1 Å². The molecule has 0 saturated carbocycles. The second-order valence-corrected chi connectivity index (χ2v) is 19.4. The lowest BCUT2D eigenvalue weighted by atomic mass is 9.83. The number of aryl methyl sites for hydroxylation is 1. The van der Waals surface area contributed by atoms with Gasteiger partial charge in [0.15, 0.2) is 0 Å². The molecule has 322 valence electrons. The van der Waals surface area contributed by atoms with Gasteiger partial charge in [0.1, 0.15) is 0 Å². The number of aliphatic imine (C=N–C) groups is 1. The van der Waals surface area contributed by atoms with Gasteiger partial charge in [0.05, 0.1) is 0 Å². The summed E-state index contributed by atoms with van der Waals surface area (Å²) in [5, 5.41) is 28.9. The molecule has 2 nitrogen and oxygen atoms in total. The molecule has 1 heterocycles. The van der Waals surface area contributed by atoms with Gasteiger partial charge in [-0.15, -0.1) is 0 Å². The molecule has 1 aliphatic rings. The molecule has 0 aliphatic heterocycles. The molecule has 0 N–H and O–H groups in total. The summed E-state index contributed by atoms with van der Waals surface area (Å²) < 4.78 is 0. The van der Waals surface area contributed by atoms with Crippen molar-refractivity contribution >= 4 is 130 Å². The van der Waals surface area contributed by atoms with Crippen LogP contribution < -0.4 is 0 Å². The molecule has 16 rings (SSSR count). The first kappa shape index (κ1) is 38.0. The molecule has 0 saturated heterocycles. The van der Waals surface area contributed by atoms with Crippen LogP contribution in [0, 0.1) is 6.92 Å². The standard InChI is InChI=1S/C68H40N2/c1-4-14-38(34-69-3)55-42-20-9-10-21-43(42)56(39-17-13-32-70-35-39)65-51-29-25-47-49-27-31-53-62-52(30-26-48(60(49)62)46-24-28-50(64(55)65)61(51)59(46)47)66-57(40-18-7-5-15-36(40)2)54-33-37-16-6-8-19-41(37)58-44-22-11-12-23-45(44)63(67(53)66)68(54)58/h4-35H,1H2,2-3H3/b38-14+,69-34-.